The van der Waals surface area contributed by atoms with E-state index in [1.54, 1.807) is 25.3 Å². The summed E-state index contributed by atoms with van der Waals surface area (Å²) in [5.74, 6) is 1.06. The van der Waals surface area contributed by atoms with Crippen molar-refractivity contribution >= 4 is 58.6 Å². The lowest BCUT2D eigenvalue weighted by atomic mass is 10.0. The fraction of sp³-hybridized carbons (Fsp3) is 0.463. The first-order valence-electron chi connectivity index (χ1n) is 18.8. The summed E-state index contributed by atoms with van der Waals surface area (Å²) in [5.41, 5.74) is 0.489. The number of benzene rings is 3. The third-order valence-electron chi connectivity index (χ3n) is 9.32. The molecule has 3 aromatic rings. The minimum absolute atomic E-state index is 0.0468. The van der Waals surface area contributed by atoms with Crippen molar-refractivity contribution in [3.05, 3.63) is 90.0 Å². The van der Waals surface area contributed by atoms with E-state index >= 15 is 4.57 Å². The van der Waals surface area contributed by atoms with E-state index < -0.39 is 12.7 Å². The second-order valence-electron chi connectivity index (χ2n) is 14.6. The van der Waals surface area contributed by atoms with Crippen LogP contribution in [0.5, 0.6) is 0 Å². The standard InChI is InChI=1S/C41H54N5O6PS/c1-41(2,3)46-39(51-4)32-22-21-29(27-34(32)53(50,30-15-7-5-8-16-30)31-17-9-6-10-18-31)38(48)43-24-14-26-52-25-13-23-42-36(47)20-12-11-19-35-37-33(28-54-35)44-40(49)45-37/h5-10,15-18,21-22,27,33,35,37H,11-14,19-20,23-26,28H2,1-4H3,(H,42,47)(H,43,48)(H2,44,45,49)/b46-39-/t33-,35-,37-/m0/s1. The van der Waals surface area contributed by atoms with Gasteiger partial charge in [0.1, 0.15) is 0 Å². The van der Waals surface area contributed by atoms with Crippen LogP contribution in [0.4, 0.5) is 4.79 Å². The van der Waals surface area contributed by atoms with Gasteiger partial charge in [0, 0.05) is 70.8 Å². The molecule has 2 fully saturated rings. The Kier molecular flexibility index (Phi) is 14.8. The summed E-state index contributed by atoms with van der Waals surface area (Å²) in [6.07, 6.45) is 4.59. The number of urea groups is 1. The molecule has 0 bridgehead atoms. The first-order valence-corrected chi connectivity index (χ1v) is 21.6. The molecule has 13 heteroatoms. The number of carbonyl (C=O) groups excluding carboxylic acids is 3. The van der Waals surface area contributed by atoms with Crippen molar-refractivity contribution in [2.24, 2.45) is 4.99 Å². The molecule has 2 heterocycles. The Balaban J connectivity index is 1.09. The number of fused-ring (bicyclic) bond motifs is 1. The highest BCUT2D eigenvalue weighted by molar-refractivity contribution is 8.00. The molecular weight excluding hydrogens is 722 g/mol. The summed E-state index contributed by atoms with van der Waals surface area (Å²) in [7, 11) is -1.94. The molecule has 3 aromatic carbocycles. The summed E-state index contributed by atoms with van der Waals surface area (Å²) in [4.78, 5) is 42.1. The van der Waals surface area contributed by atoms with Crippen LogP contribution in [-0.4, -0.2) is 85.8 Å². The number of methoxy groups -OCH3 is 1. The number of carbonyl (C=O) groups is 3. The van der Waals surface area contributed by atoms with E-state index in [9.17, 15) is 14.4 Å². The molecule has 0 aliphatic carbocycles. The third-order valence-corrected chi connectivity index (χ3v) is 13.9. The lowest BCUT2D eigenvalue weighted by Crippen LogP contribution is -2.36. The maximum atomic E-state index is 15.5. The zero-order valence-electron chi connectivity index (χ0n) is 31.8. The van der Waals surface area contributed by atoms with Crippen molar-refractivity contribution < 1.29 is 28.4 Å². The van der Waals surface area contributed by atoms with Gasteiger partial charge in [-0.1, -0.05) is 67.1 Å². The Morgan fingerprint density at radius 1 is 0.889 bits per heavy atom. The first kappa shape index (κ1) is 41.1. The number of aliphatic imine (C=N–C) groups is 1. The smallest absolute Gasteiger partial charge is 0.315 e. The highest BCUT2D eigenvalue weighted by atomic mass is 32.2. The molecule has 54 heavy (non-hydrogen) atoms. The topological polar surface area (TPSA) is 147 Å². The number of thioether (sulfide) groups is 1. The molecule has 2 aliphatic heterocycles. The summed E-state index contributed by atoms with van der Waals surface area (Å²) in [6.45, 7) is 7.83. The summed E-state index contributed by atoms with van der Waals surface area (Å²) < 4.78 is 27.0. The lowest BCUT2D eigenvalue weighted by molar-refractivity contribution is -0.121. The lowest BCUT2D eigenvalue weighted by Gasteiger charge is -2.24. The molecule has 5 rings (SSSR count). The molecule has 11 nitrogen and oxygen atoms in total. The number of rotatable bonds is 18. The molecule has 0 spiro atoms. The second kappa shape index (κ2) is 19.5. The van der Waals surface area contributed by atoms with Crippen LogP contribution in [0.2, 0.25) is 0 Å². The van der Waals surface area contributed by atoms with Gasteiger partial charge in [-0.15, -0.1) is 0 Å². The van der Waals surface area contributed by atoms with Gasteiger partial charge < -0.3 is 35.3 Å². The number of unbranched alkanes of at least 4 members (excludes halogenated alkanes) is 1. The molecule has 0 aromatic heterocycles. The Hall–Kier alpha value is -4.12. The van der Waals surface area contributed by atoms with E-state index in [2.05, 4.69) is 21.3 Å². The van der Waals surface area contributed by atoms with E-state index in [0.717, 1.165) is 25.0 Å². The van der Waals surface area contributed by atoms with Gasteiger partial charge in [-0.2, -0.15) is 11.8 Å². The van der Waals surface area contributed by atoms with Crippen molar-refractivity contribution in [3.63, 3.8) is 0 Å². The van der Waals surface area contributed by atoms with Crippen molar-refractivity contribution in [3.8, 4) is 0 Å². The molecule has 2 saturated heterocycles. The summed E-state index contributed by atoms with van der Waals surface area (Å²) in [5, 5.41) is 14.1. The predicted molar refractivity (Wildman–Crippen MR) is 218 cm³/mol. The van der Waals surface area contributed by atoms with Gasteiger partial charge in [0.05, 0.1) is 24.7 Å². The van der Waals surface area contributed by atoms with Crippen LogP contribution < -0.4 is 37.2 Å². The third kappa shape index (κ3) is 11.0. The Labute approximate surface area is 323 Å². The minimum Gasteiger partial charge on any atom is -0.481 e. The highest BCUT2D eigenvalue weighted by Gasteiger charge is 2.42. The highest BCUT2D eigenvalue weighted by Crippen LogP contribution is 2.44. The van der Waals surface area contributed by atoms with Crippen molar-refractivity contribution in [1.82, 2.24) is 21.3 Å². The Morgan fingerprint density at radius 2 is 1.54 bits per heavy atom. The van der Waals surface area contributed by atoms with Crippen LogP contribution in [0, 0.1) is 0 Å². The van der Waals surface area contributed by atoms with Crippen molar-refractivity contribution in [2.45, 2.75) is 82.2 Å². The van der Waals surface area contributed by atoms with Crippen LogP contribution in [-0.2, 0) is 18.8 Å². The van der Waals surface area contributed by atoms with Crippen molar-refractivity contribution in [1.29, 1.82) is 0 Å². The maximum absolute atomic E-state index is 15.5. The van der Waals surface area contributed by atoms with E-state index in [0.29, 0.717) is 83.8 Å². The van der Waals surface area contributed by atoms with Crippen LogP contribution in [0.15, 0.2) is 83.9 Å². The molecular formula is C41H54N5O6PS. The number of nitrogens with one attached hydrogen (secondary N) is 4. The molecule has 290 valence electrons. The molecule has 2 aliphatic rings. The zero-order valence-corrected chi connectivity index (χ0v) is 33.5. The first-order chi connectivity index (χ1) is 26.0. The van der Waals surface area contributed by atoms with Gasteiger partial charge in [-0.25, -0.2) is 9.79 Å². The van der Waals surface area contributed by atoms with Crippen LogP contribution in [0.25, 0.3) is 0 Å². The average Bonchev–Trinajstić information content (AvgIpc) is 3.73. The minimum atomic E-state index is -3.49. The number of ether oxygens (including phenoxy) is 2. The van der Waals surface area contributed by atoms with E-state index in [1.165, 1.54) is 0 Å². The number of hydrogen-bond donors (Lipinski definition) is 4. The van der Waals surface area contributed by atoms with E-state index in [4.69, 9.17) is 14.5 Å². The average molecular weight is 776 g/mol. The molecule has 0 saturated carbocycles. The maximum Gasteiger partial charge on any atom is 0.315 e. The van der Waals surface area contributed by atoms with Gasteiger partial charge in [0.2, 0.25) is 11.8 Å². The van der Waals surface area contributed by atoms with Gasteiger partial charge in [-0.05, 0) is 64.7 Å². The second-order valence-corrected chi connectivity index (χ2v) is 18.6. The fourth-order valence-corrected chi connectivity index (χ4v) is 11.1. The molecule has 3 atom stereocenters. The SMILES string of the molecule is CO/C(=N\C(C)(C)C)c1ccc(C(=O)NCCCOCCCNC(=O)CCCC[C@@H]2SC[C@@H]3NC(=O)N[C@@H]32)cc1P(=O)(c1ccccc1)c1ccccc1. The van der Waals surface area contributed by atoms with Gasteiger partial charge in [0.25, 0.3) is 5.91 Å². The predicted octanol–water partition coefficient (Wildman–Crippen LogP) is 4.89. The quantitative estimate of drug-likeness (QED) is 0.0474. The van der Waals surface area contributed by atoms with Gasteiger partial charge in [0.15, 0.2) is 7.14 Å². The van der Waals surface area contributed by atoms with Gasteiger partial charge in [-0.3, -0.25) is 9.59 Å². The summed E-state index contributed by atoms with van der Waals surface area (Å²) >= 11 is 1.90. The molecule has 0 unspecified atom stereocenters. The van der Waals surface area contributed by atoms with Gasteiger partial charge >= 0.3 is 6.03 Å². The molecule has 0 radical (unpaired) electrons. The van der Waals surface area contributed by atoms with Crippen LogP contribution in [0.1, 0.15) is 75.2 Å². The zero-order chi connectivity index (χ0) is 38.6. The monoisotopic (exact) mass is 775 g/mol. The summed E-state index contributed by atoms with van der Waals surface area (Å²) in [6, 6.07) is 24.2. The molecule has 4 N–H and O–H groups in total. The van der Waals surface area contributed by atoms with E-state index in [1.807, 2.05) is 93.2 Å². The number of amides is 4. The van der Waals surface area contributed by atoms with E-state index in [-0.39, 0.29) is 29.9 Å². The number of hydrogen-bond acceptors (Lipinski definition) is 8. The largest absolute Gasteiger partial charge is 0.481 e. The van der Waals surface area contributed by atoms with Crippen LogP contribution >= 0.6 is 18.9 Å². The Morgan fingerprint density at radius 3 is 2.17 bits per heavy atom. The van der Waals surface area contributed by atoms with Crippen molar-refractivity contribution in [2.75, 3.05) is 39.2 Å². The number of nitrogens with zero attached hydrogens (tertiary/aromatic N) is 1. The normalized spacial score (nSPS) is 18.4. The fourth-order valence-electron chi connectivity index (χ4n) is 6.68. The molecule has 4 amide bonds. The van der Waals surface area contributed by atoms with Crippen LogP contribution in [0.3, 0.4) is 0 Å². The Bertz CT molecular complexity index is 1760.